The Labute approximate surface area is 108 Å². The zero-order chi connectivity index (χ0) is 13.9. The van der Waals surface area contributed by atoms with Crippen molar-refractivity contribution in [2.75, 3.05) is 6.54 Å². The third kappa shape index (κ3) is 3.66. The van der Waals surface area contributed by atoms with Gasteiger partial charge in [-0.25, -0.2) is 0 Å². The molecular formula is C12H14F3N3O. The summed E-state index contributed by atoms with van der Waals surface area (Å²) in [6, 6.07) is 2.03. The molecule has 4 nitrogen and oxygen atoms in total. The molecule has 0 unspecified atom stereocenters. The van der Waals surface area contributed by atoms with E-state index in [9.17, 15) is 18.0 Å². The van der Waals surface area contributed by atoms with Crippen LogP contribution in [0.4, 0.5) is 13.2 Å². The molecule has 19 heavy (non-hydrogen) atoms. The molecule has 1 aromatic heterocycles. The molecule has 1 fully saturated rings. The van der Waals surface area contributed by atoms with E-state index < -0.39 is 11.7 Å². The topological polar surface area (TPSA) is 54.0 Å². The van der Waals surface area contributed by atoms with Crippen molar-refractivity contribution in [1.82, 2.24) is 15.6 Å². The van der Waals surface area contributed by atoms with Crippen LogP contribution in [-0.2, 0) is 17.5 Å². The van der Waals surface area contributed by atoms with E-state index in [-0.39, 0.29) is 18.5 Å². The molecule has 0 saturated carbocycles. The molecular weight excluding hydrogens is 259 g/mol. The van der Waals surface area contributed by atoms with Crippen LogP contribution in [0.3, 0.4) is 0 Å². The number of carbonyl (C=O) groups is 1. The molecule has 0 radical (unpaired) electrons. The molecule has 2 rings (SSSR count). The molecule has 0 aromatic carbocycles. The van der Waals surface area contributed by atoms with Gasteiger partial charge in [-0.2, -0.15) is 13.2 Å². The molecule has 1 atom stereocenters. The minimum Gasteiger partial charge on any atom is -0.349 e. The minimum atomic E-state index is -4.39. The van der Waals surface area contributed by atoms with Crippen LogP contribution in [-0.4, -0.2) is 23.5 Å². The van der Waals surface area contributed by atoms with Crippen molar-refractivity contribution in [1.29, 1.82) is 0 Å². The van der Waals surface area contributed by atoms with Crippen molar-refractivity contribution in [3.8, 4) is 0 Å². The first-order valence-corrected chi connectivity index (χ1v) is 6.00. The largest absolute Gasteiger partial charge is 0.417 e. The molecule has 7 heteroatoms. The lowest BCUT2D eigenvalue weighted by Gasteiger charge is -2.11. The van der Waals surface area contributed by atoms with Crippen molar-refractivity contribution in [2.24, 2.45) is 0 Å². The maximum atomic E-state index is 12.3. The highest BCUT2D eigenvalue weighted by molar-refractivity contribution is 5.81. The van der Waals surface area contributed by atoms with Gasteiger partial charge in [0.25, 0.3) is 0 Å². The second kappa shape index (κ2) is 5.56. The number of pyridine rings is 1. The van der Waals surface area contributed by atoms with Gasteiger partial charge in [-0.3, -0.25) is 9.78 Å². The summed E-state index contributed by atoms with van der Waals surface area (Å²) in [5.74, 6) is -0.140. The standard InChI is InChI=1S/C12H14F3N3O/c13-12(14,15)8-3-4-9(17-6-8)7-18-11(19)10-2-1-5-16-10/h3-4,6,10,16H,1-2,5,7H2,(H,18,19)/t10-/m1/s1. The predicted octanol–water partition coefficient (Wildman–Crippen LogP) is 1.47. The van der Waals surface area contributed by atoms with E-state index in [1.165, 1.54) is 6.07 Å². The Balaban J connectivity index is 1.87. The fraction of sp³-hybridized carbons (Fsp3) is 0.500. The van der Waals surface area contributed by atoms with E-state index in [4.69, 9.17) is 0 Å². The summed E-state index contributed by atoms with van der Waals surface area (Å²) in [4.78, 5) is 15.4. The fourth-order valence-corrected chi connectivity index (χ4v) is 1.91. The first-order chi connectivity index (χ1) is 8.97. The average molecular weight is 273 g/mol. The third-order valence-corrected chi connectivity index (χ3v) is 2.97. The smallest absolute Gasteiger partial charge is 0.349 e. The summed E-state index contributed by atoms with van der Waals surface area (Å²) in [7, 11) is 0. The maximum Gasteiger partial charge on any atom is 0.417 e. The number of nitrogens with zero attached hydrogens (tertiary/aromatic N) is 1. The number of alkyl halides is 3. The summed E-state index contributed by atoms with van der Waals surface area (Å²) in [6.07, 6.45) is -1.87. The molecule has 2 N–H and O–H groups in total. The van der Waals surface area contributed by atoms with Gasteiger partial charge in [-0.1, -0.05) is 0 Å². The number of halogens is 3. The molecule has 1 aromatic rings. The first-order valence-electron chi connectivity index (χ1n) is 6.00. The second-order valence-electron chi connectivity index (χ2n) is 4.40. The van der Waals surface area contributed by atoms with Gasteiger partial charge in [0.2, 0.25) is 5.91 Å². The van der Waals surface area contributed by atoms with E-state index in [0.717, 1.165) is 31.6 Å². The van der Waals surface area contributed by atoms with Gasteiger partial charge in [0.15, 0.2) is 0 Å². The van der Waals surface area contributed by atoms with Crippen LogP contribution in [0.1, 0.15) is 24.1 Å². The minimum absolute atomic E-state index is 0.134. The van der Waals surface area contributed by atoms with Gasteiger partial charge in [-0.05, 0) is 31.5 Å². The van der Waals surface area contributed by atoms with Crippen LogP contribution in [0.2, 0.25) is 0 Å². The Hall–Kier alpha value is -1.63. The Kier molecular flexibility index (Phi) is 4.04. The van der Waals surface area contributed by atoms with E-state index >= 15 is 0 Å². The number of aromatic nitrogens is 1. The van der Waals surface area contributed by atoms with Crippen LogP contribution in [0.15, 0.2) is 18.3 Å². The fourth-order valence-electron chi connectivity index (χ4n) is 1.91. The third-order valence-electron chi connectivity index (χ3n) is 2.97. The van der Waals surface area contributed by atoms with Gasteiger partial charge >= 0.3 is 6.18 Å². The summed E-state index contributed by atoms with van der Waals surface area (Å²) in [6.45, 7) is 0.950. The van der Waals surface area contributed by atoms with E-state index in [1.54, 1.807) is 0 Å². The summed E-state index contributed by atoms with van der Waals surface area (Å²) in [5, 5.41) is 5.69. The highest BCUT2D eigenvalue weighted by atomic mass is 19.4. The van der Waals surface area contributed by atoms with E-state index in [0.29, 0.717) is 5.69 Å². The van der Waals surface area contributed by atoms with E-state index in [2.05, 4.69) is 15.6 Å². The summed E-state index contributed by atoms with van der Waals surface area (Å²) in [5.41, 5.74) is -0.389. The zero-order valence-electron chi connectivity index (χ0n) is 10.1. The molecule has 2 heterocycles. The SMILES string of the molecule is O=C(NCc1ccc(C(F)(F)F)cn1)[C@H]1CCCN1. The molecule has 1 saturated heterocycles. The van der Waals surface area contributed by atoms with Crippen molar-refractivity contribution in [3.05, 3.63) is 29.6 Å². The van der Waals surface area contributed by atoms with Crippen molar-refractivity contribution < 1.29 is 18.0 Å². The number of rotatable bonds is 3. The quantitative estimate of drug-likeness (QED) is 0.877. The summed E-state index contributed by atoms with van der Waals surface area (Å²) < 4.78 is 37.0. The van der Waals surface area contributed by atoms with Crippen molar-refractivity contribution >= 4 is 5.91 Å². The Bertz CT molecular complexity index is 439. The van der Waals surface area contributed by atoms with E-state index in [1.807, 2.05) is 0 Å². The highest BCUT2D eigenvalue weighted by Crippen LogP contribution is 2.28. The molecule has 0 spiro atoms. The van der Waals surface area contributed by atoms with Gasteiger partial charge in [0.05, 0.1) is 23.8 Å². The number of carbonyl (C=O) groups excluding carboxylic acids is 1. The molecule has 104 valence electrons. The molecule has 1 amide bonds. The van der Waals surface area contributed by atoms with Crippen molar-refractivity contribution in [3.63, 3.8) is 0 Å². The molecule has 1 aliphatic heterocycles. The lowest BCUT2D eigenvalue weighted by atomic mass is 10.2. The average Bonchev–Trinajstić information content (AvgIpc) is 2.89. The molecule has 0 aliphatic carbocycles. The normalized spacial score (nSPS) is 19.4. The van der Waals surface area contributed by atoms with Gasteiger partial charge < -0.3 is 10.6 Å². The van der Waals surface area contributed by atoms with Gasteiger partial charge in [0.1, 0.15) is 0 Å². The Morgan fingerprint density at radius 1 is 1.47 bits per heavy atom. The number of amides is 1. The van der Waals surface area contributed by atoms with Crippen LogP contribution >= 0.6 is 0 Å². The first kappa shape index (κ1) is 13.8. The lowest BCUT2D eigenvalue weighted by Crippen LogP contribution is -2.40. The van der Waals surface area contributed by atoms with Crippen molar-refractivity contribution in [2.45, 2.75) is 31.6 Å². The predicted molar refractivity (Wildman–Crippen MR) is 62.1 cm³/mol. The monoisotopic (exact) mass is 273 g/mol. The number of hydrogen-bond donors (Lipinski definition) is 2. The molecule has 1 aliphatic rings. The maximum absolute atomic E-state index is 12.3. The Morgan fingerprint density at radius 2 is 2.26 bits per heavy atom. The van der Waals surface area contributed by atoms with Gasteiger partial charge in [0, 0.05) is 6.20 Å². The van der Waals surface area contributed by atoms with Crippen LogP contribution in [0.5, 0.6) is 0 Å². The number of hydrogen-bond acceptors (Lipinski definition) is 3. The van der Waals surface area contributed by atoms with Crippen LogP contribution in [0, 0.1) is 0 Å². The zero-order valence-corrected chi connectivity index (χ0v) is 10.1. The highest BCUT2D eigenvalue weighted by Gasteiger charge is 2.30. The molecule has 0 bridgehead atoms. The van der Waals surface area contributed by atoms with Crippen LogP contribution < -0.4 is 10.6 Å². The summed E-state index contributed by atoms with van der Waals surface area (Å²) >= 11 is 0. The number of nitrogens with one attached hydrogen (secondary N) is 2. The second-order valence-corrected chi connectivity index (χ2v) is 4.40. The lowest BCUT2D eigenvalue weighted by molar-refractivity contribution is -0.137. The van der Waals surface area contributed by atoms with Gasteiger partial charge in [-0.15, -0.1) is 0 Å². The Morgan fingerprint density at radius 3 is 2.79 bits per heavy atom. The van der Waals surface area contributed by atoms with Crippen LogP contribution in [0.25, 0.3) is 0 Å².